The summed E-state index contributed by atoms with van der Waals surface area (Å²) in [6.45, 7) is 0. The molecule has 0 aliphatic heterocycles. The van der Waals surface area contributed by atoms with Crippen molar-refractivity contribution in [1.82, 2.24) is 4.98 Å². The molecule has 92 valence electrons. The number of hydrogen-bond acceptors (Lipinski definition) is 2. The monoisotopic (exact) mass is 242 g/mol. The Morgan fingerprint density at radius 3 is 2.89 bits per heavy atom. The van der Waals surface area contributed by atoms with Gasteiger partial charge in [0.05, 0.1) is 12.2 Å². The molecule has 0 amide bonds. The maximum Gasteiger partial charge on any atom is 0.141 e. The normalized spacial score (nSPS) is 18.2. The molecule has 0 fully saturated rings. The Balaban J connectivity index is 1.84. The van der Waals surface area contributed by atoms with E-state index in [1.165, 1.54) is 29.8 Å². The van der Waals surface area contributed by atoms with Gasteiger partial charge in [-0.3, -0.25) is 0 Å². The van der Waals surface area contributed by atoms with Gasteiger partial charge in [0, 0.05) is 0 Å². The van der Waals surface area contributed by atoms with Gasteiger partial charge in [-0.05, 0) is 42.5 Å². The minimum Gasteiger partial charge on any atom is -0.363 e. The van der Waals surface area contributed by atoms with Crippen LogP contribution in [0.15, 0.2) is 42.6 Å². The fourth-order valence-corrected chi connectivity index (χ4v) is 2.54. The minimum atomic E-state index is -0.301. The first-order chi connectivity index (χ1) is 8.83. The van der Waals surface area contributed by atoms with Crippen LogP contribution in [0.5, 0.6) is 0 Å². The van der Waals surface area contributed by atoms with Gasteiger partial charge in [-0.1, -0.05) is 24.3 Å². The predicted molar refractivity (Wildman–Crippen MR) is 69.9 cm³/mol. The number of hydrogen-bond donors (Lipinski definition) is 1. The number of aromatic nitrogens is 1. The summed E-state index contributed by atoms with van der Waals surface area (Å²) in [5.41, 5.74) is 2.75. The van der Waals surface area contributed by atoms with Crippen molar-refractivity contribution in [3.05, 3.63) is 59.5 Å². The van der Waals surface area contributed by atoms with Gasteiger partial charge in [-0.2, -0.15) is 0 Å². The third-order valence-electron chi connectivity index (χ3n) is 3.42. The van der Waals surface area contributed by atoms with E-state index >= 15 is 0 Å². The van der Waals surface area contributed by atoms with Gasteiger partial charge >= 0.3 is 0 Å². The molecule has 1 atom stereocenters. The number of nitrogens with zero attached hydrogens (tertiary/aromatic N) is 1. The summed E-state index contributed by atoms with van der Waals surface area (Å²) in [5, 5.41) is 3.39. The lowest BCUT2D eigenvalue weighted by Gasteiger charge is -2.26. The number of rotatable bonds is 2. The van der Waals surface area contributed by atoms with Gasteiger partial charge in [-0.15, -0.1) is 0 Å². The van der Waals surface area contributed by atoms with E-state index in [0.29, 0.717) is 0 Å². The van der Waals surface area contributed by atoms with Crippen LogP contribution in [0.3, 0.4) is 0 Å². The molecule has 1 aliphatic rings. The first-order valence-corrected chi connectivity index (χ1v) is 6.29. The van der Waals surface area contributed by atoms with Crippen molar-refractivity contribution in [1.29, 1.82) is 0 Å². The van der Waals surface area contributed by atoms with Crippen LogP contribution in [-0.2, 0) is 6.42 Å². The molecule has 0 saturated carbocycles. The molecule has 18 heavy (non-hydrogen) atoms. The lowest BCUT2D eigenvalue weighted by atomic mass is 9.88. The molecule has 2 nitrogen and oxygen atoms in total. The molecular formula is C15H15FN2. The fraction of sp³-hybridized carbons (Fsp3) is 0.267. The number of pyridine rings is 1. The first kappa shape index (κ1) is 11.2. The highest BCUT2D eigenvalue weighted by Gasteiger charge is 2.19. The topological polar surface area (TPSA) is 24.9 Å². The lowest BCUT2D eigenvalue weighted by Crippen LogP contribution is -2.17. The van der Waals surface area contributed by atoms with Crippen molar-refractivity contribution in [3.8, 4) is 0 Å². The van der Waals surface area contributed by atoms with Crippen LogP contribution in [0.2, 0.25) is 0 Å². The van der Waals surface area contributed by atoms with Gasteiger partial charge in [0.15, 0.2) is 0 Å². The van der Waals surface area contributed by atoms with E-state index in [-0.39, 0.29) is 11.9 Å². The average Bonchev–Trinajstić information content (AvgIpc) is 2.42. The highest BCUT2D eigenvalue weighted by atomic mass is 19.1. The second-order valence-electron chi connectivity index (χ2n) is 4.65. The Hall–Kier alpha value is -1.90. The maximum absolute atomic E-state index is 12.8. The summed E-state index contributed by atoms with van der Waals surface area (Å²) in [6, 6.07) is 11.9. The van der Waals surface area contributed by atoms with E-state index < -0.39 is 0 Å². The van der Waals surface area contributed by atoms with Gasteiger partial charge in [0.25, 0.3) is 0 Å². The van der Waals surface area contributed by atoms with Crippen LogP contribution in [0.25, 0.3) is 0 Å². The Bertz CT molecular complexity index is 536. The van der Waals surface area contributed by atoms with E-state index in [0.717, 1.165) is 18.7 Å². The van der Waals surface area contributed by atoms with Crippen molar-refractivity contribution in [2.24, 2.45) is 0 Å². The molecule has 3 rings (SSSR count). The summed E-state index contributed by atoms with van der Waals surface area (Å²) in [4.78, 5) is 4.06. The summed E-state index contributed by atoms with van der Waals surface area (Å²) >= 11 is 0. The van der Waals surface area contributed by atoms with Gasteiger partial charge in [0.1, 0.15) is 11.6 Å². The molecule has 1 aromatic heterocycles. The summed E-state index contributed by atoms with van der Waals surface area (Å²) in [7, 11) is 0. The molecule has 0 saturated heterocycles. The quantitative estimate of drug-likeness (QED) is 0.868. The molecule has 0 bridgehead atoms. The number of halogens is 1. The molecule has 1 N–H and O–H groups in total. The van der Waals surface area contributed by atoms with E-state index in [4.69, 9.17) is 0 Å². The number of fused-ring (bicyclic) bond motifs is 1. The average molecular weight is 242 g/mol. The van der Waals surface area contributed by atoms with Crippen LogP contribution in [-0.4, -0.2) is 4.98 Å². The van der Waals surface area contributed by atoms with Gasteiger partial charge in [0.2, 0.25) is 0 Å². The predicted octanol–water partition coefficient (Wildman–Crippen LogP) is 3.71. The Morgan fingerprint density at radius 1 is 1.17 bits per heavy atom. The Kier molecular flexibility index (Phi) is 2.97. The van der Waals surface area contributed by atoms with Gasteiger partial charge < -0.3 is 5.32 Å². The number of benzene rings is 1. The third-order valence-corrected chi connectivity index (χ3v) is 3.42. The molecule has 1 unspecified atom stereocenters. The highest BCUT2D eigenvalue weighted by Crippen LogP contribution is 2.31. The smallest absolute Gasteiger partial charge is 0.141 e. The SMILES string of the molecule is Fc1ccc(NC2CCCc3ccccc32)nc1. The third kappa shape index (κ3) is 2.21. The van der Waals surface area contributed by atoms with Crippen LogP contribution < -0.4 is 5.32 Å². The molecular weight excluding hydrogens is 227 g/mol. The minimum absolute atomic E-state index is 0.285. The zero-order chi connectivity index (χ0) is 12.4. The van der Waals surface area contributed by atoms with Crippen molar-refractivity contribution in [2.75, 3.05) is 5.32 Å². The van der Waals surface area contributed by atoms with E-state index in [2.05, 4.69) is 34.6 Å². The zero-order valence-electron chi connectivity index (χ0n) is 10.1. The molecule has 0 radical (unpaired) electrons. The largest absolute Gasteiger partial charge is 0.363 e. The Morgan fingerprint density at radius 2 is 2.06 bits per heavy atom. The summed E-state index contributed by atoms with van der Waals surface area (Å²) in [5.74, 6) is 0.433. The molecule has 1 aromatic carbocycles. The zero-order valence-corrected chi connectivity index (χ0v) is 10.1. The van der Waals surface area contributed by atoms with Crippen LogP contribution in [0, 0.1) is 5.82 Å². The highest BCUT2D eigenvalue weighted by molar-refractivity contribution is 5.41. The van der Waals surface area contributed by atoms with Crippen molar-refractivity contribution in [2.45, 2.75) is 25.3 Å². The van der Waals surface area contributed by atoms with Crippen LogP contribution in [0.1, 0.15) is 30.0 Å². The van der Waals surface area contributed by atoms with Crippen molar-refractivity contribution < 1.29 is 4.39 Å². The standard InChI is InChI=1S/C15H15FN2/c16-12-8-9-15(17-10-12)18-14-7-3-5-11-4-1-2-6-13(11)14/h1-2,4,6,8-10,14H,3,5,7H2,(H,17,18). The number of aryl methyl sites for hydroxylation is 1. The van der Waals surface area contributed by atoms with E-state index in [1.54, 1.807) is 6.07 Å². The second-order valence-corrected chi connectivity index (χ2v) is 4.65. The molecule has 2 aromatic rings. The molecule has 1 heterocycles. The van der Waals surface area contributed by atoms with Crippen molar-refractivity contribution >= 4 is 5.82 Å². The lowest BCUT2D eigenvalue weighted by molar-refractivity contribution is 0.596. The van der Waals surface area contributed by atoms with Crippen LogP contribution in [0.4, 0.5) is 10.2 Å². The molecule has 1 aliphatic carbocycles. The summed E-state index contributed by atoms with van der Waals surface area (Å²) in [6.07, 6.45) is 4.66. The van der Waals surface area contributed by atoms with Gasteiger partial charge in [-0.25, -0.2) is 9.37 Å². The Labute approximate surface area is 106 Å². The molecule has 3 heteroatoms. The van der Waals surface area contributed by atoms with E-state index in [9.17, 15) is 4.39 Å². The first-order valence-electron chi connectivity index (χ1n) is 6.29. The second kappa shape index (κ2) is 4.77. The summed E-state index contributed by atoms with van der Waals surface area (Å²) < 4.78 is 12.8. The maximum atomic E-state index is 12.8. The van der Waals surface area contributed by atoms with Crippen molar-refractivity contribution in [3.63, 3.8) is 0 Å². The van der Waals surface area contributed by atoms with E-state index in [1.807, 2.05) is 0 Å². The number of nitrogens with one attached hydrogen (secondary N) is 1. The number of anilines is 1. The fourth-order valence-electron chi connectivity index (χ4n) is 2.54. The molecule has 0 spiro atoms. The van der Waals surface area contributed by atoms with Crippen LogP contribution >= 0.6 is 0 Å².